The van der Waals surface area contributed by atoms with E-state index in [1.165, 1.54) is 0 Å². The number of guanidine groups is 1. The SMILES string of the molecule is CN=C(NCCN(C(=O)OC(C)(C)C)C1CC1)NC(C)COC.I. The summed E-state index contributed by atoms with van der Waals surface area (Å²) < 4.78 is 10.6. The Balaban J connectivity index is 0.00000529. The summed E-state index contributed by atoms with van der Waals surface area (Å²) in [7, 11) is 3.39. The van der Waals surface area contributed by atoms with Crippen molar-refractivity contribution in [2.24, 2.45) is 4.99 Å². The van der Waals surface area contributed by atoms with Gasteiger partial charge in [-0.1, -0.05) is 0 Å². The van der Waals surface area contributed by atoms with Crippen LogP contribution in [0.2, 0.25) is 0 Å². The van der Waals surface area contributed by atoms with Crippen molar-refractivity contribution in [2.75, 3.05) is 33.9 Å². The fourth-order valence-corrected chi connectivity index (χ4v) is 2.14. The molecule has 1 unspecified atom stereocenters. The second-order valence-electron chi connectivity index (χ2n) is 6.90. The highest BCUT2D eigenvalue weighted by molar-refractivity contribution is 14.0. The number of carbonyl (C=O) groups excluding carboxylic acids is 1. The topological polar surface area (TPSA) is 75.2 Å². The highest BCUT2D eigenvalue weighted by atomic mass is 127. The fraction of sp³-hybridized carbons (Fsp3) is 0.875. The molecule has 7 nitrogen and oxygen atoms in total. The van der Waals surface area contributed by atoms with Gasteiger partial charge >= 0.3 is 6.09 Å². The average molecular weight is 456 g/mol. The molecule has 1 atom stereocenters. The molecular formula is C16H33IN4O3. The normalized spacial score (nSPS) is 16.0. The minimum Gasteiger partial charge on any atom is -0.444 e. The summed E-state index contributed by atoms with van der Waals surface area (Å²) in [6.07, 6.45) is 1.87. The molecule has 24 heavy (non-hydrogen) atoms. The number of carbonyl (C=O) groups is 1. The van der Waals surface area contributed by atoms with Crippen molar-refractivity contribution in [2.45, 2.75) is 58.2 Å². The first-order valence-corrected chi connectivity index (χ1v) is 8.22. The summed E-state index contributed by atoms with van der Waals surface area (Å²) in [6, 6.07) is 0.477. The van der Waals surface area contributed by atoms with Crippen molar-refractivity contribution in [3.8, 4) is 0 Å². The first-order valence-electron chi connectivity index (χ1n) is 8.22. The molecule has 0 aromatic carbocycles. The van der Waals surface area contributed by atoms with Crippen LogP contribution in [0, 0.1) is 0 Å². The lowest BCUT2D eigenvalue weighted by atomic mass is 10.2. The third-order valence-electron chi connectivity index (χ3n) is 3.28. The summed E-state index contributed by atoms with van der Waals surface area (Å²) >= 11 is 0. The summed E-state index contributed by atoms with van der Waals surface area (Å²) in [6.45, 7) is 9.50. The zero-order chi connectivity index (χ0) is 17.5. The molecule has 0 radical (unpaired) electrons. The van der Waals surface area contributed by atoms with Gasteiger partial charge in [-0.05, 0) is 40.5 Å². The third kappa shape index (κ3) is 9.51. The molecule has 8 heteroatoms. The molecule has 0 bridgehead atoms. The summed E-state index contributed by atoms with van der Waals surface area (Å²) in [5.41, 5.74) is -0.467. The number of nitrogens with zero attached hydrogens (tertiary/aromatic N) is 2. The molecule has 2 N–H and O–H groups in total. The molecule has 0 aliphatic heterocycles. The van der Waals surface area contributed by atoms with Crippen LogP contribution in [0.25, 0.3) is 0 Å². The van der Waals surface area contributed by atoms with Crippen LogP contribution in [0.1, 0.15) is 40.5 Å². The van der Waals surface area contributed by atoms with Crippen LogP contribution < -0.4 is 10.6 Å². The lowest BCUT2D eigenvalue weighted by Gasteiger charge is -2.27. The van der Waals surface area contributed by atoms with Gasteiger partial charge in [-0.15, -0.1) is 24.0 Å². The summed E-state index contributed by atoms with van der Waals surface area (Å²) in [5, 5.41) is 6.46. The number of methoxy groups -OCH3 is 1. The fourth-order valence-electron chi connectivity index (χ4n) is 2.14. The number of hydrogen-bond acceptors (Lipinski definition) is 4. The van der Waals surface area contributed by atoms with Gasteiger partial charge in [0.05, 0.1) is 6.61 Å². The van der Waals surface area contributed by atoms with E-state index in [1.807, 2.05) is 32.6 Å². The predicted octanol–water partition coefficient (Wildman–Crippen LogP) is 2.20. The molecule has 1 aliphatic carbocycles. The molecule has 1 rings (SSSR count). The lowest BCUT2D eigenvalue weighted by Crippen LogP contribution is -2.47. The van der Waals surface area contributed by atoms with Gasteiger partial charge in [0.25, 0.3) is 0 Å². The van der Waals surface area contributed by atoms with Gasteiger partial charge in [-0.3, -0.25) is 4.99 Å². The van der Waals surface area contributed by atoms with Crippen LogP contribution in [0.5, 0.6) is 0 Å². The quantitative estimate of drug-likeness (QED) is 0.349. The Morgan fingerprint density at radius 3 is 2.46 bits per heavy atom. The maximum absolute atomic E-state index is 12.3. The minimum atomic E-state index is -0.467. The molecule has 1 saturated carbocycles. The Bertz CT molecular complexity index is 409. The number of amides is 1. The van der Waals surface area contributed by atoms with Crippen LogP contribution in [-0.2, 0) is 9.47 Å². The zero-order valence-electron chi connectivity index (χ0n) is 15.7. The standard InChI is InChI=1S/C16H32N4O3.HI/c1-12(11-22-6)19-14(17-5)18-9-10-20(13-7-8-13)15(21)23-16(2,3)4;/h12-13H,7-11H2,1-6H3,(H2,17,18,19);1H. The summed E-state index contributed by atoms with van der Waals surface area (Å²) in [5.74, 6) is 0.703. The van der Waals surface area contributed by atoms with Crippen molar-refractivity contribution >= 4 is 36.0 Å². The van der Waals surface area contributed by atoms with Gasteiger partial charge in [0.2, 0.25) is 0 Å². The first-order chi connectivity index (χ1) is 10.8. The van der Waals surface area contributed by atoms with Crippen LogP contribution in [0.4, 0.5) is 4.79 Å². The van der Waals surface area contributed by atoms with E-state index in [2.05, 4.69) is 15.6 Å². The van der Waals surface area contributed by atoms with Gasteiger partial charge in [0.1, 0.15) is 5.60 Å². The average Bonchev–Trinajstić information content (AvgIpc) is 3.24. The maximum atomic E-state index is 12.3. The van der Waals surface area contributed by atoms with Gasteiger partial charge in [-0.25, -0.2) is 4.79 Å². The van der Waals surface area contributed by atoms with Crippen LogP contribution in [0.15, 0.2) is 4.99 Å². The van der Waals surface area contributed by atoms with Crippen LogP contribution in [-0.4, -0.2) is 68.5 Å². The largest absolute Gasteiger partial charge is 0.444 e. The molecule has 0 aromatic rings. The van der Waals surface area contributed by atoms with Crippen LogP contribution in [0.3, 0.4) is 0 Å². The molecular weight excluding hydrogens is 423 g/mol. The van der Waals surface area contributed by atoms with Crippen molar-refractivity contribution in [3.63, 3.8) is 0 Å². The zero-order valence-corrected chi connectivity index (χ0v) is 18.0. The van der Waals surface area contributed by atoms with E-state index in [1.54, 1.807) is 14.2 Å². The lowest BCUT2D eigenvalue weighted by molar-refractivity contribution is 0.0238. The maximum Gasteiger partial charge on any atom is 0.410 e. The Morgan fingerprint density at radius 2 is 2.00 bits per heavy atom. The number of aliphatic imine (C=N–C) groups is 1. The number of halogens is 1. The Kier molecular flexibility index (Phi) is 10.6. The van der Waals surface area contributed by atoms with Crippen molar-refractivity contribution < 1.29 is 14.3 Å². The number of nitrogens with one attached hydrogen (secondary N) is 2. The van der Waals surface area contributed by atoms with E-state index >= 15 is 0 Å². The monoisotopic (exact) mass is 456 g/mol. The first kappa shape index (κ1) is 23.2. The molecule has 0 aromatic heterocycles. The second-order valence-corrected chi connectivity index (χ2v) is 6.90. The number of ether oxygens (including phenoxy) is 2. The molecule has 142 valence electrons. The molecule has 0 saturated heterocycles. The Labute approximate surface area is 162 Å². The van der Waals surface area contributed by atoms with E-state index in [9.17, 15) is 4.79 Å². The van der Waals surface area contributed by atoms with E-state index in [0.717, 1.165) is 12.8 Å². The number of rotatable bonds is 7. The van der Waals surface area contributed by atoms with Crippen LogP contribution >= 0.6 is 24.0 Å². The summed E-state index contributed by atoms with van der Waals surface area (Å²) in [4.78, 5) is 18.2. The smallest absolute Gasteiger partial charge is 0.410 e. The molecule has 1 amide bonds. The predicted molar refractivity (Wildman–Crippen MR) is 107 cm³/mol. The molecule has 1 fully saturated rings. The van der Waals surface area contributed by atoms with Crippen molar-refractivity contribution in [1.82, 2.24) is 15.5 Å². The highest BCUT2D eigenvalue weighted by Crippen LogP contribution is 2.27. The van der Waals surface area contributed by atoms with E-state index in [0.29, 0.717) is 31.7 Å². The van der Waals surface area contributed by atoms with Crippen molar-refractivity contribution in [3.05, 3.63) is 0 Å². The van der Waals surface area contributed by atoms with Crippen molar-refractivity contribution in [1.29, 1.82) is 0 Å². The highest BCUT2D eigenvalue weighted by Gasteiger charge is 2.34. The van der Waals surface area contributed by atoms with Gasteiger partial charge in [0, 0.05) is 39.3 Å². The number of hydrogen-bond donors (Lipinski definition) is 2. The van der Waals surface area contributed by atoms with Gasteiger partial charge in [0.15, 0.2) is 5.96 Å². The van der Waals surface area contributed by atoms with E-state index in [4.69, 9.17) is 9.47 Å². The minimum absolute atomic E-state index is 0. The second kappa shape index (κ2) is 11.0. The van der Waals surface area contributed by atoms with E-state index < -0.39 is 5.60 Å². The van der Waals surface area contributed by atoms with E-state index in [-0.39, 0.29) is 36.1 Å². The van der Waals surface area contributed by atoms with Gasteiger partial charge < -0.3 is 25.0 Å². The molecule has 0 spiro atoms. The Morgan fingerprint density at radius 1 is 1.38 bits per heavy atom. The third-order valence-corrected chi connectivity index (χ3v) is 3.28. The van der Waals surface area contributed by atoms with Gasteiger partial charge in [-0.2, -0.15) is 0 Å². The Hall–Kier alpha value is -0.770. The molecule has 1 aliphatic rings. The molecule has 0 heterocycles.